The van der Waals surface area contributed by atoms with Crippen molar-refractivity contribution < 1.29 is 28.9 Å². The van der Waals surface area contributed by atoms with Gasteiger partial charge < -0.3 is 24.2 Å². The summed E-state index contributed by atoms with van der Waals surface area (Å²) in [6.45, 7) is 4.06. The van der Waals surface area contributed by atoms with E-state index < -0.39 is 17.7 Å². The molecule has 1 saturated heterocycles. The molecule has 1 fully saturated rings. The van der Waals surface area contributed by atoms with Crippen molar-refractivity contribution in [3.8, 4) is 17.2 Å². The van der Waals surface area contributed by atoms with Gasteiger partial charge in [-0.3, -0.25) is 9.59 Å². The van der Waals surface area contributed by atoms with Gasteiger partial charge in [-0.25, -0.2) is 0 Å². The van der Waals surface area contributed by atoms with Crippen LogP contribution in [-0.4, -0.2) is 42.0 Å². The molecule has 1 heterocycles. The Kier molecular flexibility index (Phi) is 7.88. The Morgan fingerprint density at radius 3 is 2.32 bits per heavy atom. The monoisotopic (exact) mass is 565 g/mol. The molecular weight excluding hydrogens is 538 g/mol. The summed E-state index contributed by atoms with van der Waals surface area (Å²) in [4.78, 5) is 28.1. The van der Waals surface area contributed by atoms with Crippen LogP contribution in [0.3, 0.4) is 0 Å². The number of hydrogen-bond donors (Lipinski definition) is 1. The third-order valence-electron chi connectivity index (χ3n) is 6.02. The number of carbonyl (C=O) groups is 2. The molecule has 0 radical (unpaired) electrons. The number of benzene rings is 3. The van der Waals surface area contributed by atoms with Gasteiger partial charge in [-0.15, -0.1) is 0 Å². The normalized spacial score (nSPS) is 16.8. The second-order valence-corrected chi connectivity index (χ2v) is 9.72. The summed E-state index contributed by atoms with van der Waals surface area (Å²) < 4.78 is 17.0. The minimum absolute atomic E-state index is 0.00933. The first-order valence-electron chi connectivity index (χ1n) is 11.7. The highest BCUT2D eigenvalue weighted by molar-refractivity contribution is 9.10. The first-order valence-corrected chi connectivity index (χ1v) is 12.5. The molecule has 1 unspecified atom stereocenters. The van der Waals surface area contributed by atoms with Gasteiger partial charge in [-0.1, -0.05) is 24.3 Å². The van der Waals surface area contributed by atoms with E-state index in [1.165, 1.54) is 12.0 Å². The molecule has 0 aromatic heterocycles. The van der Waals surface area contributed by atoms with Crippen molar-refractivity contribution in [2.75, 3.05) is 14.2 Å². The summed E-state index contributed by atoms with van der Waals surface area (Å²) in [6, 6.07) is 18.7. The van der Waals surface area contributed by atoms with Gasteiger partial charge in [0.15, 0.2) is 0 Å². The summed E-state index contributed by atoms with van der Waals surface area (Å²) >= 11 is 3.42. The predicted octanol–water partition coefficient (Wildman–Crippen LogP) is 5.88. The van der Waals surface area contributed by atoms with Crippen LogP contribution in [0.2, 0.25) is 0 Å². The van der Waals surface area contributed by atoms with E-state index in [2.05, 4.69) is 15.9 Å². The maximum Gasteiger partial charge on any atom is 0.295 e. The molecule has 0 bridgehead atoms. The highest BCUT2D eigenvalue weighted by Gasteiger charge is 2.46. The summed E-state index contributed by atoms with van der Waals surface area (Å²) in [5.41, 5.74) is 1.86. The number of methoxy groups -OCH3 is 2. The van der Waals surface area contributed by atoms with Crippen molar-refractivity contribution in [3.63, 3.8) is 0 Å². The smallest absolute Gasteiger partial charge is 0.295 e. The molecule has 0 spiro atoms. The maximum atomic E-state index is 13.3. The highest BCUT2D eigenvalue weighted by Crippen LogP contribution is 2.42. The average molecular weight is 566 g/mol. The Labute approximate surface area is 224 Å². The molecule has 4 rings (SSSR count). The molecule has 8 heteroatoms. The van der Waals surface area contributed by atoms with E-state index in [1.807, 2.05) is 44.2 Å². The van der Waals surface area contributed by atoms with Crippen molar-refractivity contribution >= 4 is 33.4 Å². The molecule has 1 amide bonds. The number of carbonyl (C=O) groups excluding carboxylic acids is 2. The zero-order chi connectivity index (χ0) is 26.7. The van der Waals surface area contributed by atoms with Crippen LogP contribution in [0.5, 0.6) is 17.2 Å². The van der Waals surface area contributed by atoms with Crippen molar-refractivity contribution in [2.24, 2.45) is 0 Å². The van der Waals surface area contributed by atoms with E-state index >= 15 is 0 Å². The number of nitrogens with zero attached hydrogens (tertiary/aromatic N) is 1. The molecule has 3 aromatic carbocycles. The van der Waals surface area contributed by atoms with Crippen LogP contribution in [0.25, 0.3) is 5.76 Å². The molecular formula is C29H28BrNO6. The predicted molar refractivity (Wildman–Crippen MR) is 144 cm³/mol. The zero-order valence-electron chi connectivity index (χ0n) is 21.0. The molecule has 7 nitrogen and oxygen atoms in total. The first kappa shape index (κ1) is 26.3. The van der Waals surface area contributed by atoms with Gasteiger partial charge in [0.2, 0.25) is 0 Å². The first-order chi connectivity index (χ1) is 17.7. The number of ketones is 1. The Balaban J connectivity index is 1.80. The van der Waals surface area contributed by atoms with Crippen molar-refractivity contribution in [1.29, 1.82) is 0 Å². The van der Waals surface area contributed by atoms with E-state index in [0.717, 1.165) is 11.3 Å². The summed E-state index contributed by atoms with van der Waals surface area (Å²) in [5.74, 6) is 0.158. The fraction of sp³-hybridized carbons (Fsp3) is 0.241. The molecule has 1 N–H and O–H groups in total. The highest BCUT2D eigenvalue weighted by atomic mass is 79.9. The minimum atomic E-state index is -0.817. The van der Waals surface area contributed by atoms with Gasteiger partial charge in [0, 0.05) is 12.1 Å². The number of amides is 1. The molecule has 3 aromatic rings. The van der Waals surface area contributed by atoms with Crippen LogP contribution in [0, 0.1) is 0 Å². The van der Waals surface area contributed by atoms with Crippen molar-refractivity contribution in [1.82, 2.24) is 4.90 Å². The minimum Gasteiger partial charge on any atom is -0.507 e. The van der Waals surface area contributed by atoms with Gasteiger partial charge in [-0.05, 0) is 83.4 Å². The van der Waals surface area contributed by atoms with Gasteiger partial charge >= 0.3 is 0 Å². The lowest BCUT2D eigenvalue weighted by atomic mass is 9.95. The van der Waals surface area contributed by atoms with Crippen molar-refractivity contribution in [3.05, 3.63) is 93.5 Å². The average Bonchev–Trinajstić information content (AvgIpc) is 3.14. The van der Waals surface area contributed by atoms with Crippen LogP contribution in [0.15, 0.2) is 76.8 Å². The molecule has 0 saturated carbocycles. The summed E-state index contributed by atoms with van der Waals surface area (Å²) in [5, 5.41) is 11.3. The van der Waals surface area contributed by atoms with E-state index in [9.17, 15) is 14.7 Å². The SMILES string of the molecule is COc1cccc(C2/C(=C(/O)c3ccc(OC)c(Br)c3)C(=O)C(=O)N2Cc2ccc(OC(C)C)cc2)c1. The van der Waals surface area contributed by atoms with Gasteiger partial charge in [0.1, 0.15) is 23.0 Å². The van der Waals surface area contributed by atoms with Crippen LogP contribution in [-0.2, 0) is 16.1 Å². The quantitative estimate of drug-likeness (QED) is 0.209. The lowest BCUT2D eigenvalue weighted by Crippen LogP contribution is -2.29. The third-order valence-corrected chi connectivity index (χ3v) is 6.64. The number of Topliss-reactive ketones (excluding diaryl/α,β-unsaturated/α-hetero) is 1. The number of aliphatic hydroxyl groups excluding tert-OH is 1. The van der Waals surface area contributed by atoms with E-state index in [-0.39, 0.29) is 24.0 Å². The van der Waals surface area contributed by atoms with Crippen LogP contribution in [0.4, 0.5) is 0 Å². The van der Waals surface area contributed by atoms with Crippen molar-refractivity contribution in [2.45, 2.75) is 32.5 Å². The van der Waals surface area contributed by atoms with E-state index in [1.54, 1.807) is 43.5 Å². The number of hydrogen-bond acceptors (Lipinski definition) is 6. The van der Waals surface area contributed by atoms with Crippen LogP contribution >= 0.6 is 15.9 Å². The molecule has 1 atom stereocenters. The summed E-state index contributed by atoms with van der Waals surface area (Å²) in [7, 11) is 3.08. The fourth-order valence-electron chi connectivity index (χ4n) is 4.31. The number of halogens is 1. The standard InChI is InChI=1S/C29H28BrNO6/c1-17(2)37-21-11-8-18(9-12-21)16-31-26(19-6-5-7-22(14-19)35-3)25(28(33)29(31)34)27(32)20-10-13-24(36-4)23(30)15-20/h5-15,17,26,32H,16H2,1-4H3/b27-25-. The molecule has 1 aliphatic heterocycles. The number of ether oxygens (including phenoxy) is 3. The second-order valence-electron chi connectivity index (χ2n) is 8.86. The molecule has 37 heavy (non-hydrogen) atoms. The van der Waals surface area contributed by atoms with E-state index in [4.69, 9.17) is 14.2 Å². The number of rotatable bonds is 8. The zero-order valence-corrected chi connectivity index (χ0v) is 22.6. The van der Waals surface area contributed by atoms with Gasteiger partial charge in [-0.2, -0.15) is 0 Å². The molecule has 0 aliphatic carbocycles. The molecule has 1 aliphatic rings. The fourth-order valence-corrected chi connectivity index (χ4v) is 4.85. The Morgan fingerprint density at radius 2 is 1.70 bits per heavy atom. The Bertz CT molecular complexity index is 1350. The largest absolute Gasteiger partial charge is 0.507 e. The van der Waals surface area contributed by atoms with Crippen LogP contribution < -0.4 is 14.2 Å². The topological polar surface area (TPSA) is 85.3 Å². The maximum absolute atomic E-state index is 13.3. The number of likely N-dealkylation sites (tertiary alicyclic amines) is 1. The van der Waals surface area contributed by atoms with E-state index in [0.29, 0.717) is 27.1 Å². The lowest BCUT2D eigenvalue weighted by Gasteiger charge is -2.26. The lowest BCUT2D eigenvalue weighted by molar-refractivity contribution is -0.140. The summed E-state index contributed by atoms with van der Waals surface area (Å²) in [6.07, 6.45) is 0.0368. The molecule has 192 valence electrons. The Hall–Kier alpha value is -3.78. The van der Waals surface area contributed by atoms with Gasteiger partial charge in [0.05, 0.1) is 36.4 Å². The third kappa shape index (κ3) is 5.49. The van der Waals surface area contributed by atoms with Gasteiger partial charge in [0.25, 0.3) is 11.7 Å². The second kappa shape index (κ2) is 11.1. The van der Waals surface area contributed by atoms with Crippen LogP contribution in [0.1, 0.15) is 36.6 Å². The Morgan fingerprint density at radius 1 is 0.973 bits per heavy atom. The number of aliphatic hydroxyl groups is 1.